The molecule has 1 N–H and O–H groups in total. The number of hydrogen-bond acceptors (Lipinski definition) is 4. The molecule has 1 saturated heterocycles. The zero-order chi connectivity index (χ0) is 17.2. The van der Waals surface area contributed by atoms with E-state index in [-0.39, 0.29) is 6.09 Å². The Bertz CT molecular complexity index is 587. The van der Waals surface area contributed by atoms with E-state index in [1.54, 1.807) is 4.90 Å². The summed E-state index contributed by atoms with van der Waals surface area (Å²) in [5.41, 5.74) is 2.84. The van der Waals surface area contributed by atoms with Gasteiger partial charge in [-0.25, -0.2) is 4.79 Å². The van der Waals surface area contributed by atoms with Crippen molar-refractivity contribution in [2.24, 2.45) is 0 Å². The Hall–Kier alpha value is -1.75. The number of hydrogen-bond donors (Lipinski definition) is 1. The van der Waals surface area contributed by atoms with Crippen LogP contribution < -0.4 is 10.2 Å². The molecule has 1 atom stereocenters. The summed E-state index contributed by atoms with van der Waals surface area (Å²) in [6.07, 6.45) is 3.90. The van der Waals surface area contributed by atoms with Gasteiger partial charge in [0.2, 0.25) is 0 Å². The van der Waals surface area contributed by atoms with Crippen LogP contribution in [0.5, 0.6) is 0 Å². The second kappa shape index (κ2) is 7.01. The highest BCUT2D eigenvalue weighted by Gasteiger charge is 2.29. The van der Waals surface area contributed by atoms with Crippen LogP contribution in [0.1, 0.15) is 45.6 Å². The Morgan fingerprint density at radius 3 is 2.92 bits per heavy atom. The second-order valence-corrected chi connectivity index (χ2v) is 7.61. The lowest BCUT2D eigenvalue weighted by Crippen LogP contribution is -2.35. The van der Waals surface area contributed by atoms with Crippen LogP contribution in [-0.4, -0.2) is 37.5 Å². The molecule has 1 amide bonds. The first-order valence-corrected chi connectivity index (χ1v) is 8.90. The highest BCUT2D eigenvalue weighted by molar-refractivity contribution is 5.91. The monoisotopic (exact) mass is 332 g/mol. The van der Waals surface area contributed by atoms with Crippen molar-refractivity contribution in [3.63, 3.8) is 0 Å². The van der Waals surface area contributed by atoms with Crippen molar-refractivity contribution < 1.29 is 14.3 Å². The molecular weight excluding hydrogens is 304 g/mol. The van der Waals surface area contributed by atoms with Gasteiger partial charge < -0.3 is 14.8 Å². The molecule has 1 fully saturated rings. The maximum absolute atomic E-state index is 12.3. The zero-order valence-corrected chi connectivity index (χ0v) is 14.9. The van der Waals surface area contributed by atoms with Crippen molar-refractivity contribution >= 4 is 17.5 Å². The van der Waals surface area contributed by atoms with Crippen LogP contribution in [0.2, 0.25) is 0 Å². The van der Waals surface area contributed by atoms with Crippen LogP contribution in [0, 0.1) is 0 Å². The number of benzene rings is 1. The average molecular weight is 332 g/mol. The van der Waals surface area contributed by atoms with E-state index in [9.17, 15) is 4.79 Å². The van der Waals surface area contributed by atoms with E-state index >= 15 is 0 Å². The third-order valence-electron chi connectivity index (χ3n) is 4.41. The summed E-state index contributed by atoms with van der Waals surface area (Å²) >= 11 is 0. The third-order valence-corrected chi connectivity index (χ3v) is 4.41. The van der Waals surface area contributed by atoms with E-state index in [0.29, 0.717) is 12.6 Å². The highest BCUT2D eigenvalue weighted by Crippen LogP contribution is 2.32. The Labute approximate surface area is 144 Å². The van der Waals surface area contributed by atoms with Crippen molar-refractivity contribution in [3.8, 4) is 0 Å². The Morgan fingerprint density at radius 1 is 1.29 bits per heavy atom. The van der Waals surface area contributed by atoms with Gasteiger partial charge in [0, 0.05) is 31.5 Å². The molecule has 0 bridgehead atoms. The molecule has 5 nitrogen and oxygen atoms in total. The molecule has 1 unspecified atom stereocenters. The summed E-state index contributed by atoms with van der Waals surface area (Å²) in [6, 6.07) is 6.73. The fraction of sp³-hybridized carbons (Fsp3) is 0.632. The predicted molar refractivity (Wildman–Crippen MR) is 95.8 cm³/mol. The minimum absolute atomic E-state index is 0.261. The Balaban J connectivity index is 1.67. The number of carbonyl (C=O) groups is 1. The fourth-order valence-corrected chi connectivity index (χ4v) is 3.28. The first-order valence-electron chi connectivity index (χ1n) is 8.90. The minimum atomic E-state index is -0.469. The molecular formula is C19H28N2O3. The van der Waals surface area contributed by atoms with Crippen molar-refractivity contribution in [1.29, 1.82) is 0 Å². The van der Waals surface area contributed by atoms with E-state index in [2.05, 4.69) is 17.4 Å². The van der Waals surface area contributed by atoms with E-state index < -0.39 is 5.60 Å². The van der Waals surface area contributed by atoms with Gasteiger partial charge in [0.05, 0.1) is 5.69 Å². The average Bonchev–Trinajstić information content (AvgIpc) is 2.75. The number of fused-ring (bicyclic) bond motifs is 1. The topological polar surface area (TPSA) is 50.8 Å². The zero-order valence-electron chi connectivity index (χ0n) is 14.9. The molecule has 1 aromatic rings. The first kappa shape index (κ1) is 17.1. The van der Waals surface area contributed by atoms with Crippen molar-refractivity contribution in [2.45, 2.75) is 58.1 Å². The van der Waals surface area contributed by atoms with Gasteiger partial charge in [-0.15, -0.1) is 0 Å². The summed E-state index contributed by atoms with van der Waals surface area (Å²) < 4.78 is 11.0. The molecule has 0 aliphatic carbocycles. The van der Waals surface area contributed by atoms with Crippen LogP contribution >= 0.6 is 0 Å². The third kappa shape index (κ3) is 4.20. The summed E-state index contributed by atoms with van der Waals surface area (Å²) in [6.45, 7) is 8.06. The van der Waals surface area contributed by atoms with Gasteiger partial charge in [-0.2, -0.15) is 0 Å². The second-order valence-electron chi connectivity index (χ2n) is 7.61. The molecule has 0 aromatic heterocycles. The molecule has 24 heavy (non-hydrogen) atoms. The number of nitrogens with zero attached hydrogens (tertiary/aromatic N) is 1. The van der Waals surface area contributed by atoms with Crippen LogP contribution in [0.3, 0.4) is 0 Å². The molecule has 132 valence electrons. The molecule has 0 spiro atoms. The van der Waals surface area contributed by atoms with Gasteiger partial charge in [-0.1, -0.05) is 0 Å². The summed E-state index contributed by atoms with van der Waals surface area (Å²) in [5, 5.41) is 3.62. The number of carbonyl (C=O) groups excluding carboxylic acids is 1. The molecule has 5 heteroatoms. The first-order chi connectivity index (χ1) is 11.4. The minimum Gasteiger partial charge on any atom is -0.443 e. The summed E-state index contributed by atoms with van der Waals surface area (Å²) in [4.78, 5) is 14.1. The maximum Gasteiger partial charge on any atom is 0.414 e. The van der Waals surface area contributed by atoms with Gasteiger partial charge in [0.25, 0.3) is 0 Å². The Morgan fingerprint density at radius 2 is 2.12 bits per heavy atom. The molecule has 2 aliphatic heterocycles. The van der Waals surface area contributed by atoms with E-state index in [0.717, 1.165) is 50.3 Å². The van der Waals surface area contributed by atoms with E-state index in [4.69, 9.17) is 9.47 Å². The normalized spacial score (nSPS) is 21.1. The lowest BCUT2D eigenvalue weighted by atomic mass is 10.1. The SMILES string of the molecule is CC(C)(C)OC(=O)N1CCc2cc(NC3CCCOCC3)ccc21. The van der Waals surface area contributed by atoms with Gasteiger partial charge in [0.1, 0.15) is 5.60 Å². The fourth-order valence-electron chi connectivity index (χ4n) is 3.28. The molecule has 0 saturated carbocycles. The van der Waals surface area contributed by atoms with Gasteiger partial charge in [0.15, 0.2) is 0 Å². The number of rotatable bonds is 2. The standard InChI is InChI=1S/C19H28N2O3/c1-19(2,3)24-18(22)21-10-8-14-13-16(6-7-17(14)21)20-15-5-4-11-23-12-9-15/h6-7,13,15,20H,4-5,8-12H2,1-3H3. The molecule has 2 heterocycles. The van der Waals surface area contributed by atoms with Gasteiger partial charge >= 0.3 is 6.09 Å². The van der Waals surface area contributed by atoms with Gasteiger partial charge in [-0.05, 0) is 70.2 Å². The number of amides is 1. The number of ether oxygens (including phenoxy) is 2. The maximum atomic E-state index is 12.3. The van der Waals surface area contributed by atoms with E-state index in [1.807, 2.05) is 26.8 Å². The van der Waals surface area contributed by atoms with Crippen LogP contribution in [0.4, 0.5) is 16.2 Å². The number of anilines is 2. The van der Waals surface area contributed by atoms with Crippen molar-refractivity contribution in [3.05, 3.63) is 23.8 Å². The van der Waals surface area contributed by atoms with Crippen LogP contribution in [0.15, 0.2) is 18.2 Å². The molecule has 0 radical (unpaired) electrons. The van der Waals surface area contributed by atoms with Crippen LogP contribution in [-0.2, 0) is 15.9 Å². The lowest BCUT2D eigenvalue weighted by Gasteiger charge is -2.25. The lowest BCUT2D eigenvalue weighted by molar-refractivity contribution is 0.0584. The van der Waals surface area contributed by atoms with Crippen molar-refractivity contribution in [1.82, 2.24) is 0 Å². The molecule has 1 aromatic carbocycles. The summed E-state index contributed by atoms with van der Waals surface area (Å²) in [5.74, 6) is 0. The molecule has 3 rings (SSSR count). The largest absolute Gasteiger partial charge is 0.443 e. The van der Waals surface area contributed by atoms with Crippen molar-refractivity contribution in [2.75, 3.05) is 30.0 Å². The number of nitrogens with one attached hydrogen (secondary N) is 1. The summed E-state index contributed by atoms with van der Waals surface area (Å²) in [7, 11) is 0. The smallest absolute Gasteiger partial charge is 0.414 e. The Kier molecular flexibility index (Phi) is 4.99. The highest BCUT2D eigenvalue weighted by atomic mass is 16.6. The van der Waals surface area contributed by atoms with Crippen LogP contribution in [0.25, 0.3) is 0 Å². The van der Waals surface area contributed by atoms with Gasteiger partial charge in [-0.3, -0.25) is 4.90 Å². The molecule has 2 aliphatic rings. The van der Waals surface area contributed by atoms with E-state index in [1.165, 1.54) is 5.56 Å². The quantitative estimate of drug-likeness (QED) is 0.890. The predicted octanol–water partition coefficient (Wildman–Crippen LogP) is 3.97.